The maximum Gasteiger partial charge on any atom is 1.00 e. The number of hydrogen-bond donors (Lipinski definition) is 9. The maximum absolute atomic E-state index is 11.5. The van der Waals surface area contributed by atoms with Crippen molar-refractivity contribution < 1.29 is 125 Å². The van der Waals surface area contributed by atoms with Crippen molar-refractivity contribution in [1.29, 1.82) is 16.1 Å². The summed E-state index contributed by atoms with van der Waals surface area (Å²) >= 11 is 13.8. The minimum absolute atomic E-state index is 0. The van der Waals surface area contributed by atoms with Gasteiger partial charge in [0.05, 0.1) is 68.2 Å². The summed E-state index contributed by atoms with van der Waals surface area (Å²) in [7, 11) is 7.53. The monoisotopic (exact) mass is 2250 g/mol. The van der Waals surface area contributed by atoms with E-state index < -0.39 is 35.1 Å². The number of nitrogens with zero attached hydrogens (tertiary/aromatic N) is 5. The van der Waals surface area contributed by atoms with E-state index in [4.69, 9.17) is 130 Å². The Balaban J connectivity index is -0.00000149. The van der Waals surface area contributed by atoms with Crippen LogP contribution in [0.15, 0.2) is 164 Å². The summed E-state index contributed by atoms with van der Waals surface area (Å²) in [5.41, 5.74) is 27.2. The first kappa shape index (κ1) is 130. The number of anilines is 3. The number of Topliss-reactive ketones (excluding diaryl/α,β-unsaturated/α-hetero) is 2. The second-order valence-corrected chi connectivity index (χ2v) is 46.0. The van der Waals surface area contributed by atoms with Gasteiger partial charge in [-0.3, -0.25) is 24.1 Å². The predicted octanol–water partition coefficient (Wildman–Crippen LogP) is 20.2. The van der Waals surface area contributed by atoms with Crippen LogP contribution in [0.3, 0.4) is 0 Å². The Morgan fingerprint density at radius 3 is 1.22 bits per heavy atom. The molecule has 6 aromatic carbocycles. The number of carbonyl (C=O) groups excluding carboxylic acids is 2. The van der Waals surface area contributed by atoms with Gasteiger partial charge in [0.1, 0.15) is 75.1 Å². The van der Waals surface area contributed by atoms with Crippen molar-refractivity contribution in [3.8, 4) is 40.6 Å². The molecule has 10 aromatic rings. The molecule has 0 saturated carbocycles. The van der Waals surface area contributed by atoms with E-state index in [9.17, 15) is 9.59 Å². The molecule has 0 saturated heterocycles. The maximum atomic E-state index is 11.5. The Bertz CT molecular complexity index is 5360. The summed E-state index contributed by atoms with van der Waals surface area (Å²) in [6.45, 7) is 37.5. The molecule has 13 N–H and O–H groups in total. The quantitative estimate of drug-likeness (QED) is 0.00255. The number of aliphatic hydroxyl groups excluding tert-OH is 1. The Labute approximate surface area is 867 Å². The summed E-state index contributed by atoms with van der Waals surface area (Å²) in [5, 5.41) is 37.6. The molecule has 0 bridgehead atoms. The first-order valence-electron chi connectivity index (χ1n) is 43.9. The normalized spacial score (nSPS) is 10.7. The number of methoxy groups -OCH3 is 7. The summed E-state index contributed by atoms with van der Waals surface area (Å²) in [6, 6.07) is 35.2. The van der Waals surface area contributed by atoms with Crippen LogP contribution in [0.4, 0.5) is 17.5 Å². The zero-order chi connectivity index (χ0) is 103. The number of aromatic nitrogens is 4. The number of nitrogens with two attached hydrogens (primary N) is 4. The smallest absolute Gasteiger partial charge is 1.00 e. The number of fused-ring (bicyclic) bond motifs is 4. The third kappa shape index (κ3) is 48.4. The number of nitrogen functional groups attached to an aromatic ring is 3. The molecule has 4 aromatic heterocycles. The van der Waals surface area contributed by atoms with Crippen LogP contribution in [0.1, 0.15) is 174 Å². The van der Waals surface area contributed by atoms with E-state index in [1.807, 2.05) is 107 Å². The second kappa shape index (κ2) is 73.5. The molecule has 0 aliphatic heterocycles. The summed E-state index contributed by atoms with van der Waals surface area (Å²) in [4.78, 5) is 39.1. The van der Waals surface area contributed by atoms with Crippen LogP contribution in [0.25, 0.3) is 48.8 Å². The van der Waals surface area contributed by atoms with Crippen molar-refractivity contribution in [3.63, 3.8) is 0 Å². The number of carbonyl (C=O) groups is 2. The summed E-state index contributed by atoms with van der Waals surface area (Å²) in [6.07, 6.45) is 15.1. The number of aryl methyl sites for hydroxylation is 1. The third-order valence-electron chi connectivity index (χ3n) is 19.5. The largest absolute Gasteiger partial charge is 1.00 e. The molecule has 38 heteroatoms. The van der Waals surface area contributed by atoms with E-state index in [2.05, 4.69) is 113 Å². The number of pyridine rings is 4. The van der Waals surface area contributed by atoms with Crippen molar-refractivity contribution in [2.75, 3.05) is 114 Å². The Morgan fingerprint density at radius 1 is 0.511 bits per heavy atom. The minimum Gasteiger partial charge on any atom is -1.00 e. The number of aliphatic hydroxyl groups is 1. The van der Waals surface area contributed by atoms with Gasteiger partial charge in [-0.15, -0.1) is 0 Å². The third-order valence-corrected chi connectivity index (χ3v) is 36.4. The number of nitrogens with one attached hydrogen (secondary N) is 2. The molecule has 2 atom stereocenters. The molecule has 0 spiro atoms. The predicted molar refractivity (Wildman–Crippen MR) is 564 cm³/mol. The molecule has 137 heavy (non-hydrogen) atoms. The van der Waals surface area contributed by atoms with Gasteiger partial charge in [0.15, 0.2) is 17.9 Å². The standard InChI is InChI=1S/C15H22BrNO3.C14H16N2O2.C12H10ClNO2.C12H12N2O2.C10H9BrN2O.C8H10BrNO.C6H13NO2.C5H9NO.C4H7O.3C4H9.CH4O.Na.H2O4S.Sn.H/c1-4-19-15(20-5-2)13(17)8-6-11-10-12(16)7-9-14(11)18-3;1-4-18-9(2)10-5-6-13(17-3)12-8-16-14(15)7-11(10)12;2*1-7(15)8-3-4-11(16-2)10-6-14-12(13)5-9(8)10;1-14-9-3-2-8(11)6-4-10(12)13-5-7(6)9;1-11-8-3-2-7(9)4-6(8)5-10;1-4-9-5(2)6(7)8-3;1-3-7-5(2)4-6;1-3-5-4-2;3*1-3-4-2;1-2;;1-5(2,3)4;;/h7,9-10,15,17H,4-6,8H2,1-3H3;5-8H,2,4H2,1,3H3,(H2,15,16);3-6H,1-2H3;3-6H,1-2H3,(H2,13,14);2-5H,1H3,(H2,12,13);2-4H,5,10H2,1H3;5,7H,4H2,1-3H3;5H,3H2,1-2H3;1,4H2,2H3;3*1,3-4H2,2H3;2H,1H3;;(H2,1,2,3,4);;/q;;;;;;;;;;;;;+1;;;-1. The molecule has 0 radical (unpaired) electrons. The molecule has 0 aliphatic rings. The van der Waals surface area contributed by atoms with Gasteiger partial charge >= 0.3 is 160 Å². The van der Waals surface area contributed by atoms with E-state index in [1.165, 1.54) is 76.6 Å². The van der Waals surface area contributed by atoms with Crippen LogP contribution in [0, 0.1) is 22.1 Å². The molecular weight excluding hydrogens is 2110 g/mol. The topological polar surface area (TPSA) is 476 Å². The molecular formula is C99H142Br3ClN11NaO20SSn. The van der Waals surface area contributed by atoms with Crippen molar-refractivity contribution >= 4 is 178 Å². The minimum atomic E-state index is -4.67. The van der Waals surface area contributed by atoms with Gasteiger partial charge in [-0.2, -0.15) is 13.7 Å². The fourth-order valence-electron chi connectivity index (χ4n) is 12.9. The van der Waals surface area contributed by atoms with Gasteiger partial charge in [0.2, 0.25) is 5.90 Å². The molecule has 2 unspecified atom stereocenters. The number of ketones is 2. The van der Waals surface area contributed by atoms with Gasteiger partial charge in [0.25, 0.3) is 0 Å². The average Bonchev–Trinajstić information content (AvgIpc) is 0.804. The second-order valence-electron chi connectivity index (χ2n) is 28.9. The first-order valence-corrected chi connectivity index (χ1v) is 55.5. The van der Waals surface area contributed by atoms with E-state index in [1.54, 1.807) is 124 Å². The van der Waals surface area contributed by atoms with E-state index >= 15 is 0 Å². The fourth-order valence-corrected chi connectivity index (χ4v) is 29.0. The zero-order valence-electron chi connectivity index (χ0n) is 84.3. The number of nitriles is 1. The van der Waals surface area contributed by atoms with Crippen LogP contribution in [0.5, 0.6) is 34.5 Å². The molecule has 4 heterocycles. The molecule has 0 aliphatic carbocycles. The van der Waals surface area contributed by atoms with E-state index in [0.29, 0.717) is 103 Å². The average molecular weight is 2260 g/mol. The Kier molecular flexibility index (Phi) is 69.9. The van der Waals surface area contributed by atoms with Gasteiger partial charge in [-0.1, -0.05) is 66.0 Å². The van der Waals surface area contributed by atoms with Crippen molar-refractivity contribution in [3.05, 3.63) is 197 Å². The summed E-state index contributed by atoms with van der Waals surface area (Å²) in [5.74, 6) is 6.76. The molecule has 10 rings (SSSR count). The molecule has 0 amide bonds. The molecule has 0 fully saturated rings. The van der Waals surface area contributed by atoms with Crippen LogP contribution >= 0.6 is 59.4 Å². The number of halogens is 4. The number of rotatable bonds is 37. The number of benzene rings is 6. The summed E-state index contributed by atoms with van der Waals surface area (Å²) < 4.78 is 108. The Hall–Kier alpha value is -8.63. The van der Waals surface area contributed by atoms with Crippen LogP contribution in [0.2, 0.25) is 18.5 Å². The zero-order valence-corrected chi connectivity index (χ0v) is 94.5. The van der Waals surface area contributed by atoms with E-state index in [0.717, 1.165) is 116 Å². The molecule has 31 nitrogen and oxygen atoms in total. The SMILES string of the molecule is C=C(OCC)c1ccc(OC)c2cnc(N)cc12.C=[C](OCC)[Sn]([CH2]CCC)([CH2]CCC)[CH2]CCC.CCOC(C)C#N.CCOC(C)C(=N)OC.CCOC(OCC)C(=N)CCc1cc(Br)ccc1OC.CO.COc1ccc(Br)c2cc(N)ncc12.COc1ccc(Br)cc1CN.COc1ccc(C(C)=O)c2cc(Cl)ncc12.COc1ccc(C(C)=O)c2cc(N)ncc12.O=S(=O)(O)O.[H-].[Na+]. The van der Waals surface area contributed by atoms with Gasteiger partial charge in [-0.25, -0.2) is 19.9 Å². The van der Waals surface area contributed by atoms with Crippen molar-refractivity contribution in [1.82, 2.24) is 19.9 Å². The molecule has 752 valence electrons. The van der Waals surface area contributed by atoms with Crippen LogP contribution < -0.4 is 80.9 Å². The van der Waals surface area contributed by atoms with Crippen molar-refractivity contribution in [2.24, 2.45) is 5.73 Å². The number of hydrogen-bond acceptors (Lipinski definition) is 29. The number of ether oxygens (including phenoxy) is 13. The first-order chi connectivity index (χ1) is 64.7. The number of unbranched alkanes of at least 4 members (excludes halogenated alkanes) is 3. The van der Waals surface area contributed by atoms with Crippen LogP contribution in [-0.4, -0.2) is 199 Å². The fraction of sp³-hybridized carbons (Fsp3) is 0.424. The van der Waals surface area contributed by atoms with E-state index in [-0.39, 0.29) is 60.7 Å². The van der Waals surface area contributed by atoms with Crippen molar-refractivity contribution in [2.45, 2.75) is 180 Å². The van der Waals surface area contributed by atoms with Gasteiger partial charge < -0.3 is 91.7 Å². The van der Waals surface area contributed by atoms with Gasteiger partial charge in [0, 0.05) is 144 Å². The Morgan fingerprint density at radius 2 is 0.861 bits per heavy atom. The van der Waals surface area contributed by atoms with Gasteiger partial charge in [-0.05, 0) is 190 Å². The van der Waals surface area contributed by atoms with Crippen LogP contribution in [-0.2, 0) is 56.5 Å².